The molecule has 136 valence electrons. The van der Waals surface area contributed by atoms with Crippen LogP contribution >= 0.6 is 0 Å². The van der Waals surface area contributed by atoms with Gasteiger partial charge in [0.05, 0.1) is 17.8 Å². The molecule has 1 aliphatic rings. The predicted molar refractivity (Wildman–Crippen MR) is 99.3 cm³/mol. The molecule has 1 aromatic heterocycles. The maximum absolute atomic E-state index is 12.2. The molecule has 8 nitrogen and oxygen atoms in total. The van der Waals surface area contributed by atoms with E-state index in [1.54, 1.807) is 11.7 Å². The lowest BCUT2D eigenvalue weighted by molar-refractivity contribution is -0.128. The highest BCUT2D eigenvalue weighted by Crippen LogP contribution is 2.35. The van der Waals surface area contributed by atoms with E-state index >= 15 is 0 Å². The van der Waals surface area contributed by atoms with Crippen LogP contribution in [0.3, 0.4) is 0 Å². The maximum atomic E-state index is 12.2. The average molecular weight is 354 g/mol. The zero-order valence-corrected chi connectivity index (χ0v) is 15.3. The van der Waals surface area contributed by atoms with Crippen molar-refractivity contribution >= 4 is 23.5 Å². The summed E-state index contributed by atoms with van der Waals surface area (Å²) in [5.41, 5.74) is 8.21. The van der Waals surface area contributed by atoms with E-state index in [1.165, 1.54) is 11.8 Å². The molecule has 0 aliphatic carbocycles. The number of nitrogens with two attached hydrogens (primary N) is 1. The third-order valence-electron chi connectivity index (χ3n) is 4.48. The van der Waals surface area contributed by atoms with Crippen molar-refractivity contribution in [3.63, 3.8) is 0 Å². The number of amides is 2. The Labute approximate surface area is 151 Å². The van der Waals surface area contributed by atoms with Crippen LogP contribution in [0.25, 0.3) is 11.3 Å². The number of anilines is 1. The largest absolute Gasteiger partial charge is 0.369 e. The summed E-state index contributed by atoms with van der Waals surface area (Å²) in [6, 6.07) is 9.34. The second-order valence-electron chi connectivity index (χ2n) is 6.67. The number of carbonyl (C=O) groups excluding carboxylic acids is 2. The summed E-state index contributed by atoms with van der Waals surface area (Å²) in [7, 11) is 3.43. The van der Waals surface area contributed by atoms with Gasteiger partial charge >= 0.3 is 0 Å². The summed E-state index contributed by atoms with van der Waals surface area (Å²) in [6.07, 6.45) is 0.217. The van der Waals surface area contributed by atoms with Crippen molar-refractivity contribution in [3.8, 4) is 11.3 Å². The standard InChI is InChI=1S/C18H22N6O2/c1-11(25)20-13-7-5-6-12(8-13)14-9-15(24(4)22-14)18(2)10-16(26)23(3)17(19)21-18/h5-9H,10H2,1-4H3,(H2,19,21)(H,20,25)/t18-/m0/s1. The minimum atomic E-state index is -0.775. The molecule has 0 unspecified atom stereocenters. The molecule has 0 fully saturated rings. The molecule has 0 bridgehead atoms. The van der Waals surface area contributed by atoms with Crippen LogP contribution in [0.15, 0.2) is 35.3 Å². The van der Waals surface area contributed by atoms with Gasteiger partial charge in [-0.1, -0.05) is 12.1 Å². The van der Waals surface area contributed by atoms with Gasteiger partial charge in [-0.05, 0) is 25.1 Å². The van der Waals surface area contributed by atoms with E-state index in [9.17, 15) is 9.59 Å². The first-order valence-corrected chi connectivity index (χ1v) is 8.24. The van der Waals surface area contributed by atoms with E-state index in [1.807, 2.05) is 44.3 Å². The van der Waals surface area contributed by atoms with Gasteiger partial charge in [-0.3, -0.25) is 19.2 Å². The number of nitrogens with zero attached hydrogens (tertiary/aromatic N) is 4. The normalized spacial score (nSPS) is 20.1. The smallest absolute Gasteiger partial charge is 0.231 e. The Kier molecular flexibility index (Phi) is 4.27. The Bertz CT molecular complexity index is 916. The summed E-state index contributed by atoms with van der Waals surface area (Å²) in [6.45, 7) is 3.34. The number of aromatic nitrogens is 2. The molecule has 0 saturated heterocycles. The molecule has 0 saturated carbocycles. The molecule has 26 heavy (non-hydrogen) atoms. The molecule has 1 aromatic carbocycles. The number of rotatable bonds is 3. The lowest BCUT2D eigenvalue weighted by Crippen LogP contribution is -2.48. The highest BCUT2D eigenvalue weighted by molar-refractivity contribution is 5.98. The average Bonchev–Trinajstić information content (AvgIpc) is 2.95. The molecule has 0 radical (unpaired) electrons. The Hall–Kier alpha value is -3.16. The highest BCUT2D eigenvalue weighted by atomic mass is 16.2. The number of guanidine groups is 1. The molecule has 1 aliphatic heterocycles. The summed E-state index contributed by atoms with van der Waals surface area (Å²) < 4.78 is 1.72. The quantitative estimate of drug-likeness (QED) is 0.870. The number of aliphatic imine (C=N–C) groups is 1. The third-order valence-corrected chi connectivity index (χ3v) is 4.48. The fourth-order valence-electron chi connectivity index (χ4n) is 3.13. The van der Waals surface area contributed by atoms with Gasteiger partial charge in [0.25, 0.3) is 0 Å². The van der Waals surface area contributed by atoms with E-state index < -0.39 is 5.54 Å². The molecule has 3 rings (SSSR count). The topological polar surface area (TPSA) is 106 Å². The van der Waals surface area contributed by atoms with Crippen LogP contribution in [0.5, 0.6) is 0 Å². The van der Waals surface area contributed by atoms with E-state index in [-0.39, 0.29) is 24.2 Å². The zero-order valence-electron chi connectivity index (χ0n) is 15.3. The number of aryl methyl sites for hydroxylation is 1. The molecule has 8 heteroatoms. The molecule has 2 heterocycles. The van der Waals surface area contributed by atoms with Gasteiger partial charge in [-0.15, -0.1) is 0 Å². The molecular formula is C18H22N6O2. The number of hydrogen-bond acceptors (Lipinski definition) is 5. The maximum Gasteiger partial charge on any atom is 0.231 e. The van der Waals surface area contributed by atoms with Crippen molar-refractivity contribution in [2.24, 2.45) is 17.8 Å². The van der Waals surface area contributed by atoms with Gasteiger partial charge in [-0.25, -0.2) is 4.99 Å². The lowest BCUT2D eigenvalue weighted by Gasteiger charge is -2.33. The second kappa shape index (κ2) is 6.29. The van der Waals surface area contributed by atoms with Crippen LogP contribution in [0.1, 0.15) is 26.0 Å². The van der Waals surface area contributed by atoms with Gasteiger partial charge < -0.3 is 11.1 Å². The first kappa shape index (κ1) is 17.7. The summed E-state index contributed by atoms with van der Waals surface area (Å²) in [5.74, 6) is -0.0272. The van der Waals surface area contributed by atoms with Crippen molar-refractivity contribution < 1.29 is 9.59 Å². The molecule has 1 atom stereocenters. The minimum Gasteiger partial charge on any atom is -0.369 e. The van der Waals surface area contributed by atoms with Crippen LogP contribution in [-0.2, 0) is 22.2 Å². The first-order chi connectivity index (χ1) is 12.2. The first-order valence-electron chi connectivity index (χ1n) is 8.24. The SMILES string of the molecule is CC(=O)Nc1cccc(-c2cc([C@]3(C)CC(=O)N(C)C(N)=N3)n(C)n2)c1. The minimum absolute atomic E-state index is 0.0876. The van der Waals surface area contributed by atoms with E-state index in [2.05, 4.69) is 15.4 Å². The summed E-state index contributed by atoms with van der Waals surface area (Å²) in [5, 5.41) is 7.32. The van der Waals surface area contributed by atoms with Crippen LogP contribution in [-0.4, -0.2) is 39.5 Å². The predicted octanol–water partition coefficient (Wildman–Crippen LogP) is 1.44. The van der Waals surface area contributed by atoms with Gasteiger partial charge in [-0.2, -0.15) is 5.10 Å². The lowest BCUT2D eigenvalue weighted by atomic mass is 9.91. The Morgan fingerprint density at radius 2 is 2.04 bits per heavy atom. The molecule has 3 N–H and O–H groups in total. The third kappa shape index (κ3) is 3.17. The summed E-state index contributed by atoms with van der Waals surface area (Å²) in [4.78, 5) is 29.4. The second-order valence-corrected chi connectivity index (χ2v) is 6.67. The van der Waals surface area contributed by atoms with Crippen LogP contribution < -0.4 is 11.1 Å². The van der Waals surface area contributed by atoms with Crippen LogP contribution in [0.2, 0.25) is 0 Å². The molecule has 0 spiro atoms. The molecular weight excluding hydrogens is 332 g/mol. The number of carbonyl (C=O) groups is 2. The molecule has 2 amide bonds. The summed E-state index contributed by atoms with van der Waals surface area (Å²) >= 11 is 0. The fourth-order valence-corrected chi connectivity index (χ4v) is 3.13. The van der Waals surface area contributed by atoms with Crippen LogP contribution in [0.4, 0.5) is 5.69 Å². The van der Waals surface area contributed by atoms with Crippen molar-refractivity contribution in [1.29, 1.82) is 0 Å². The van der Waals surface area contributed by atoms with E-state index in [4.69, 9.17) is 5.73 Å². The monoisotopic (exact) mass is 354 g/mol. The van der Waals surface area contributed by atoms with Crippen molar-refractivity contribution in [2.75, 3.05) is 12.4 Å². The Morgan fingerprint density at radius 1 is 1.31 bits per heavy atom. The van der Waals surface area contributed by atoms with E-state index in [0.717, 1.165) is 17.0 Å². The fraction of sp³-hybridized carbons (Fsp3) is 0.333. The van der Waals surface area contributed by atoms with Gasteiger partial charge in [0.15, 0.2) is 5.96 Å². The highest BCUT2D eigenvalue weighted by Gasteiger charge is 2.38. The number of hydrogen-bond donors (Lipinski definition) is 2. The van der Waals surface area contributed by atoms with Crippen molar-refractivity contribution in [1.82, 2.24) is 14.7 Å². The van der Waals surface area contributed by atoms with E-state index in [0.29, 0.717) is 5.69 Å². The molecule has 2 aromatic rings. The van der Waals surface area contributed by atoms with Crippen molar-refractivity contribution in [2.45, 2.75) is 25.8 Å². The number of benzene rings is 1. The van der Waals surface area contributed by atoms with Gasteiger partial charge in [0.1, 0.15) is 5.54 Å². The van der Waals surface area contributed by atoms with Crippen LogP contribution in [0, 0.1) is 0 Å². The Morgan fingerprint density at radius 3 is 2.69 bits per heavy atom. The Balaban J connectivity index is 2.00. The van der Waals surface area contributed by atoms with Gasteiger partial charge in [0, 0.05) is 32.3 Å². The zero-order chi connectivity index (χ0) is 19.1. The van der Waals surface area contributed by atoms with Crippen molar-refractivity contribution in [3.05, 3.63) is 36.0 Å². The van der Waals surface area contributed by atoms with Gasteiger partial charge in [0.2, 0.25) is 11.8 Å². The number of nitrogens with one attached hydrogen (secondary N) is 1.